The normalized spacial score (nSPS) is 20.6. The lowest BCUT2D eigenvalue weighted by Crippen LogP contribution is -2.43. The molecule has 9 nitrogen and oxygen atoms in total. The SMILES string of the molecule is CCOC(=O)C1=C(C)NC2=C(C(=O)[C@H](C(=O)OCC)[C@H](c3cccc(OC)c3)C2)[C@H]1c1ccc(O)c(OC)c1. The molecule has 4 rings (SSSR count). The van der Waals surface area contributed by atoms with E-state index in [9.17, 15) is 19.5 Å². The van der Waals surface area contributed by atoms with Crippen molar-refractivity contribution < 1.29 is 38.4 Å². The van der Waals surface area contributed by atoms with E-state index in [0.29, 0.717) is 29.1 Å². The number of phenolic OH excluding ortho intramolecular Hbond substituents is 1. The zero-order valence-corrected chi connectivity index (χ0v) is 22.7. The minimum absolute atomic E-state index is 0.0831. The Hall–Kier alpha value is -4.27. The molecule has 3 atom stereocenters. The Bertz CT molecular complexity index is 1360. The monoisotopic (exact) mass is 535 g/mol. The fraction of sp³-hybridized carbons (Fsp3) is 0.367. The number of ketones is 1. The summed E-state index contributed by atoms with van der Waals surface area (Å²) in [6, 6.07) is 11.9. The maximum absolute atomic E-state index is 14.4. The second-order valence-corrected chi connectivity index (χ2v) is 9.32. The number of carbonyl (C=O) groups is 3. The number of Topliss-reactive ketones (excluding diaryl/α,β-unsaturated/α-hetero) is 1. The number of methoxy groups -OCH3 is 2. The molecule has 0 radical (unpaired) electrons. The number of aromatic hydroxyl groups is 1. The highest BCUT2D eigenvalue weighted by Gasteiger charge is 2.49. The number of nitrogens with one attached hydrogen (secondary N) is 1. The van der Waals surface area contributed by atoms with Crippen LogP contribution in [0, 0.1) is 5.92 Å². The van der Waals surface area contributed by atoms with Gasteiger partial charge in [0.1, 0.15) is 11.7 Å². The van der Waals surface area contributed by atoms with Crippen molar-refractivity contribution in [3.63, 3.8) is 0 Å². The third-order valence-electron chi connectivity index (χ3n) is 7.11. The topological polar surface area (TPSA) is 120 Å². The zero-order valence-electron chi connectivity index (χ0n) is 22.7. The molecule has 2 aliphatic rings. The standard InChI is InChI=1S/C30H33NO8/c1-6-38-29(34)24-16(3)31-21-15-20(17-9-8-10-19(13-17)36-4)26(30(35)39-7-2)28(33)27(21)25(24)18-11-12-22(32)23(14-18)37-5/h8-14,20,25-26,31-32H,6-7,15H2,1-5H3/t20-,25-,26+/m0/s1. The third kappa shape index (κ3) is 5.21. The summed E-state index contributed by atoms with van der Waals surface area (Å²) >= 11 is 0. The average molecular weight is 536 g/mol. The molecule has 2 N–H and O–H groups in total. The van der Waals surface area contributed by atoms with Crippen molar-refractivity contribution in [1.82, 2.24) is 5.32 Å². The van der Waals surface area contributed by atoms with E-state index < -0.39 is 35.5 Å². The first-order valence-corrected chi connectivity index (χ1v) is 12.8. The number of hydrogen-bond donors (Lipinski definition) is 2. The number of benzene rings is 2. The number of rotatable bonds is 8. The van der Waals surface area contributed by atoms with Gasteiger partial charge in [-0.25, -0.2) is 4.79 Å². The summed E-state index contributed by atoms with van der Waals surface area (Å²) in [6.07, 6.45) is 0.316. The van der Waals surface area contributed by atoms with Gasteiger partial charge in [0.05, 0.1) is 33.0 Å². The number of phenols is 1. The van der Waals surface area contributed by atoms with Crippen LogP contribution >= 0.6 is 0 Å². The van der Waals surface area contributed by atoms with Crippen molar-refractivity contribution in [2.75, 3.05) is 27.4 Å². The highest BCUT2D eigenvalue weighted by atomic mass is 16.5. The van der Waals surface area contributed by atoms with Gasteiger partial charge in [0, 0.05) is 28.8 Å². The van der Waals surface area contributed by atoms with Gasteiger partial charge in [0.15, 0.2) is 17.3 Å². The molecule has 39 heavy (non-hydrogen) atoms. The van der Waals surface area contributed by atoms with E-state index in [1.54, 1.807) is 46.1 Å². The molecule has 2 aromatic rings. The average Bonchev–Trinajstić information content (AvgIpc) is 2.92. The number of esters is 2. The van der Waals surface area contributed by atoms with Crippen LogP contribution in [0.5, 0.6) is 17.2 Å². The van der Waals surface area contributed by atoms with Crippen molar-refractivity contribution in [3.8, 4) is 17.2 Å². The molecule has 0 amide bonds. The van der Waals surface area contributed by atoms with E-state index in [-0.39, 0.29) is 35.9 Å². The predicted molar refractivity (Wildman–Crippen MR) is 142 cm³/mol. The Morgan fingerprint density at radius 1 is 1.00 bits per heavy atom. The fourth-order valence-electron chi connectivity index (χ4n) is 5.41. The highest BCUT2D eigenvalue weighted by molar-refractivity contribution is 6.13. The lowest BCUT2D eigenvalue weighted by molar-refractivity contribution is -0.152. The van der Waals surface area contributed by atoms with Crippen LogP contribution in [-0.2, 0) is 23.9 Å². The summed E-state index contributed by atoms with van der Waals surface area (Å²) in [5.74, 6) is -3.46. The first-order valence-electron chi connectivity index (χ1n) is 12.8. The minimum atomic E-state index is -1.14. The molecule has 1 heterocycles. The molecule has 9 heteroatoms. The highest BCUT2D eigenvalue weighted by Crippen LogP contribution is 2.49. The summed E-state index contributed by atoms with van der Waals surface area (Å²) in [6.45, 7) is 5.40. The second-order valence-electron chi connectivity index (χ2n) is 9.32. The molecule has 0 saturated heterocycles. The van der Waals surface area contributed by atoms with Crippen LogP contribution in [0.3, 0.4) is 0 Å². The van der Waals surface area contributed by atoms with Gasteiger partial charge in [-0.2, -0.15) is 0 Å². The van der Waals surface area contributed by atoms with Gasteiger partial charge < -0.3 is 29.4 Å². The molecule has 0 unspecified atom stereocenters. The Kier molecular flexibility index (Phi) is 8.28. The van der Waals surface area contributed by atoms with Gasteiger partial charge in [-0.05, 0) is 62.6 Å². The van der Waals surface area contributed by atoms with E-state index in [0.717, 1.165) is 5.56 Å². The van der Waals surface area contributed by atoms with Crippen molar-refractivity contribution in [2.45, 2.75) is 39.0 Å². The lowest BCUT2D eigenvalue weighted by atomic mass is 9.67. The van der Waals surface area contributed by atoms with Crippen molar-refractivity contribution >= 4 is 17.7 Å². The Balaban J connectivity index is 1.93. The van der Waals surface area contributed by atoms with Crippen LogP contribution in [0.4, 0.5) is 0 Å². The maximum Gasteiger partial charge on any atom is 0.336 e. The molecule has 1 aliphatic heterocycles. The minimum Gasteiger partial charge on any atom is -0.504 e. The van der Waals surface area contributed by atoms with Gasteiger partial charge in [0.2, 0.25) is 0 Å². The largest absolute Gasteiger partial charge is 0.504 e. The Morgan fingerprint density at radius 3 is 2.41 bits per heavy atom. The molecule has 0 bridgehead atoms. The summed E-state index contributed by atoms with van der Waals surface area (Å²) in [5, 5.41) is 13.5. The van der Waals surface area contributed by atoms with Crippen molar-refractivity contribution in [3.05, 3.63) is 76.1 Å². The van der Waals surface area contributed by atoms with Crippen molar-refractivity contribution in [1.29, 1.82) is 0 Å². The number of hydrogen-bond acceptors (Lipinski definition) is 9. The van der Waals surface area contributed by atoms with Gasteiger partial charge >= 0.3 is 11.9 Å². The summed E-state index contributed by atoms with van der Waals surface area (Å²) in [7, 11) is 2.97. The van der Waals surface area contributed by atoms with Gasteiger partial charge in [-0.3, -0.25) is 9.59 Å². The van der Waals surface area contributed by atoms with E-state index in [4.69, 9.17) is 18.9 Å². The summed E-state index contributed by atoms with van der Waals surface area (Å²) in [5.41, 5.74) is 2.98. The van der Waals surface area contributed by atoms with E-state index in [2.05, 4.69) is 5.32 Å². The quantitative estimate of drug-likeness (QED) is 0.380. The molecular weight excluding hydrogens is 502 g/mol. The fourth-order valence-corrected chi connectivity index (χ4v) is 5.41. The third-order valence-corrected chi connectivity index (χ3v) is 7.11. The molecule has 0 saturated carbocycles. The van der Waals surface area contributed by atoms with Crippen LogP contribution < -0.4 is 14.8 Å². The summed E-state index contributed by atoms with van der Waals surface area (Å²) < 4.78 is 21.4. The number of carbonyl (C=O) groups excluding carboxylic acids is 3. The molecule has 0 aromatic heterocycles. The van der Waals surface area contributed by atoms with Crippen LogP contribution in [-0.4, -0.2) is 50.3 Å². The first-order chi connectivity index (χ1) is 18.7. The van der Waals surface area contributed by atoms with E-state index >= 15 is 0 Å². The van der Waals surface area contributed by atoms with Gasteiger partial charge in [-0.1, -0.05) is 18.2 Å². The van der Waals surface area contributed by atoms with Crippen LogP contribution in [0.1, 0.15) is 50.2 Å². The lowest BCUT2D eigenvalue weighted by Gasteiger charge is -2.39. The maximum atomic E-state index is 14.4. The molecule has 206 valence electrons. The molecule has 1 aliphatic carbocycles. The van der Waals surface area contributed by atoms with Crippen LogP contribution in [0.15, 0.2) is 65.0 Å². The van der Waals surface area contributed by atoms with Gasteiger partial charge in [-0.15, -0.1) is 0 Å². The zero-order chi connectivity index (χ0) is 28.3. The van der Waals surface area contributed by atoms with Gasteiger partial charge in [0.25, 0.3) is 0 Å². The molecule has 0 fully saturated rings. The summed E-state index contributed by atoms with van der Waals surface area (Å²) in [4.78, 5) is 40.9. The van der Waals surface area contributed by atoms with E-state index in [1.165, 1.54) is 13.2 Å². The predicted octanol–water partition coefficient (Wildman–Crippen LogP) is 4.12. The van der Waals surface area contributed by atoms with Crippen LogP contribution in [0.2, 0.25) is 0 Å². The van der Waals surface area contributed by atoms with Crippen molar-refractivity contribution in [2.24, 2.45) is 5.92 Å². The first kappa shape index (κ1) is 27.8. The van der Waals surface area contributed by atoms with Crippen LogP contribution in [0.25, 0.3) is 0 Å². The smallest absolute Gasteiger partial charge is 0.336 e. The number of dihydropyridines is 1. The van der Waals surface area contributed by atoms with E-state index in [1.807, 2.05) is 18.2 Å². The molecule has 2 aromatic carbocycles. The number of allylic oxidation sites excluding steroid dienone is 3. The Labute approximate surface area is 227 Å². The molecule has 0 spiro atoms. The number of ether oxygens (including phenoxy) is 4. The Morgan fingerprint density at radius 2 is 1.74 bits per heavy atom. The molecular formula is C30H33NO8. The second kappa shape index (κ2) is 11.6.